The van der Waals surface area contributed by atoms with Crippen LogP contribution >= 0.6 is 11.3 Å². The maximum Gasteiger partial charge on any atom is 0.340 e. The van der Waals surface area contributed by atoms with Crippen LogP contribution in [0.5, 0.6) is 0 Å². The first-order valence-corrected chi connectivity index (χ1v) is 9.87. The number of ether oxygens (including phenoxy) is 1. The number of aromatic amines is 1. The second-order valence-electron chi connectivity index (χ2n) is 6.48. The Hall–Kier alpha value is -3.44. The summed E-state index contributed by atoms with van der Waals surface area (Å²) in [6, 6.07) is 7.77. The summed E-state index contributed by atoms with van der Waals surface area (Å²) in [4.78, 5) is 29.1. The van der Waals surface area contributed by atoms with E-state index in [9.17, 15) is 14.9 Å². The molecule has 1 N–H and O–H groups in total. The molecule has 1 aromatic carbocycles. The normalized spacial score (nSPS) is 11.0. The number of benzene rings is 1. The van der Waals surface area contributed by atoms with Crippen molar-refractivity contribution in [3.05, 3.63) is 67.4 Å². The van der Waals surface area contributed by atoms with E-state index in [2.05, 4.69) is 10.1 Å². The van der Waals surface area contributed by atoms with E-state index in [0.717, 1.165) is 28.2 Å². The van der Waals surface area contributed by atoms with E-state index in [1.807, 2.05) is 38.1 Å². The van der Waals surface area contributed by atoms with Crippen LogP contribution in [0, 0.1) is 32.1 Å². The van der Waals surface area contributed by atoms with Crippen LogP contribution in [0.4, 0.5) is 5.00 Å². The molecule has 148 valence electrons. The fourth-order valence-corrected chi connectivity index (χ4v) is 3.62. The number of thiophene rings is 1. The molecule has 2 heterocycles. The van der Waals surface area contributed by atoms with Crippen molar-refractivity contribution in [1.29, 1.82) is 5.26 Å². The van der Waals surface area contributed by atoms with Gasteiger partial charge >= 0.3 is 5.97 Å². The molecular weight excluding hydrogens is 388 g/mol. The molecule has 3 rings (SSSR count). The minimum Gasteiger partial charge on any atom is -0.462 e. The third-order valence-electron chi connectivity index (χ3n) is 4.56. The van der Waals surface area contributed by atoms with Gasteiger partial charge < -0.3 is 4.74 Å². The third kappa shape index (κ3) is 3.91. The van der Waals surface area contributed by atoms with Crippen LogP contribution in [0.3, 0.4) is 0 Å². The molecule has 0 aliphatic heterocycles. The Kier molecular flexibility index (Phi) is 5.80. The van der Waals surface area contributed by atoms with Gasteiger partial charge in [-0.05, 0) is 51.0 Å². The van der Waals surface area contributed by atoms with Gasteiger partial charge in [0.05, 0.1) is 23.4 Å². The molecule has 29 heavy (non-hydrogen) atoms. The van der Waals surface area contributed by atoms with Gasteiger partial charge in [0.25, 0.3) is 5.56 Å². The number of carbonyl (C=O) groups is 1. The van der Waals surface area contributed by atoms with E-state index < -0.39 is 5.97 Å². The molecular formula is C21H20N4O3S. The number of nitrogens with zero attached hydrogens (tertiary/aromatic N) is 3. The summed E-state index contributed by atoms with van der Waals surface area (Å²) in [5.74, 6) is -0.559. The molecule has 0 saturated heterocycles. The maximum absolute atomic E-state index is 12.9. The van der Waals surface area contributed by atoms with Crippen molar-refractivity contribution in [2.45, 2.75) is 27.7 Å². The highest BCUT2D eigenvalue weighted by Crippen LogP contribution is 2.30. The van der Waals surface area contributed by atoms with Gasteiger partial charge in [0.2, 0.25) is 0 Å². The summed E-state index contributed by atoms with van der Waals surface area (Å²) >= 11 is 1.15. The molecule has 3 aromatic rings. The van der Waals surface area contributed by atoms with Crippen molar-refractivity contribution in [2.75, 3.05) is 6.61 Å². The zero-order valence-corrected chi connectivity index (χ0v) is 17.4. The van der Waals surface area contributed by atoms with Gasteiger partial charge in [-0.3, -0.25) is 9.89 Å². The van der Waals surface area contributed by atoms with Crippen LogP contribution in [0.1, 0.15) is 45.2 Å². The largest absolute Gasteiger partial charge is 0.462 e. The standard InChI is InChI=1S/C21H20N4O3S/c1-5-28-21(27)18-11-29-19(16(18)9-22)23-10-17-14(4)24-25(20(17)26)15-7-6-12(2)13(3)8-15/h6-8,10-11,24H,5H2,1-4H3/b23-10+. The topological polar surface area (TPSA) is 100 Å². The van der Waals surface area contributed by atoms with Gasteiger partial charge in [-0.1, -0.05) is 6.07 Å². The van der Waals surface area contributed by atoms with Crippen molar-refractivity contribution in [3.8, 4) is 11.8 Å². The number of esters is 1. The van der Waals surface area contributed by atoms with Gasteiger partial charge in [0.15, 0.2) is 0 Å². The van der Waals surface area contributed by atoms with Crippen LogP contribution in [0.25, 0.3) is 5.69 Å². The molecule has 0 radical (unpaired) electrons. The van der Waals surface area contributed by atoms with Crippen molar-refractivity contribution < 1.29 is 9.53 Å². The van der Waals surface area contributed by atoms with Gasteiger partial charge in [0, 0.05) is 17.3 Å². The van der Waals surface area contributed by atoms with Gasteiger partial charge in [-0.25, -0.2) is 14.5 Å². The van der Waals surface area contributed by atoms with Crippen molar-refractivity contribution >= 4 is 28.5 Å². The van der Waals surface area contributed by atoms with Crippen LogP contribution in [0.15, 0.2) is 33.4 Å². The Morgan fingerprint density at radius 2 is 2.10 bits per heavy atom. The third-order valence-corrected chi connectivity index (χ3v) is 5.44. The number of aryl methyl sites for hydroxylation is 3. The summed E-state index contributed by atoms with van der Waals surface area (Å²) in [6.07, 6.45) is 1.42. The molecule has 0 aliphatic rings. The maximum atomic E-state index is 12.9. The second-order valence-corrected chi connectivity index (χ2v) is 7.34. The number of rotatable bonds is 5. The number of hydrogen-bond acceptors (Lipinski definition) is 6. The molecule has 0 atom stereocenters. The first-order valence-electron chi connectivity index (χ1n) is 8.99. The molecule has 0 amide bonds. The Morgan fingerprint density at radius 1 is 1.34 bits per heavy atom. The molecule has 7 nitrogen and oxygen atoms in total. The zero-order chi connectivity index (χ0) is 21.1. The molecule has 2 aromatic heterocycles. The van der Waals surface area contributed by atoms with Crippen LogP contribution < -0.4 is 5.56 Å². The zero-order valence-electron chi connectivity index (χ0n) is 16.6. The molecule has 0 saturated carbocycles. The van der Waals surface area contributed by atoms with Crippen LogP contribution in [0.2, 0.25) is 0 Å². The molecule has 0 fully saturated rings. The quantitative estimate of drug-likeness (QED) is 0.510. The Morgan fingerprint density at radius 3 is 2.76 bits per heavy atom. The van der Waals surface area contributed by atoms with Crippen molar-refractivity contribution in [3.63, 3.8) is 0 Å². The number of nitrogens with one attached hydrogen (secondary N) is 1. The number of H-pyrrole nitrogens is 1. The second kappa shape index (κ2) is 8.29. The SMILES string of the molecule is CCOC(=O)c1csc(/N=C/c2c(C)[nH]n(-c3ccc(C)c(C)c3)c2=O)c1C#N. The average Bonchev–Trinajstić information content (AvgIpc) is 3.23. The number of aromatic nitrogens is 2. The fourth-order valence-electron chi connectivity index (χ4n) is 2.79. The lowest BCUT2D eigenvalue weighted by Crippen LogP contribution is -2.17. The minimum atomic E-state index is -0.559. The lowest BCUT2D eigenvalue weighted by atomic mass is 10.1. The fraction of sp³-hybridized carbons (Fsp3) is 0.238. The van der Waals surface area contributed by atoms with E-state index in [1.165, 1.54) is 10.9 Å². The predicted molar refractivity (Wildman–Crippen MR) is 113 cm³/mol. The average molecular weight is 408 g/mol. The number of aliphatic imine (C=N–C) groups is 1. The summed E-state index contributed by atoms with van der Waals surface area (Å²) in [6.45, 7) is 7.70. The van der Waals surface area contributed by atoms with E-state index in [0.29, 0.717) is 16.3 Å². The smallest absolute Gasteiger partial charge is 0.340 e. The highest BCUT2D eigenvalue weighted by Gasteiger charge is 2.19. The number of carbonyl (C=O) groups excluding carboxylic acids is 1. The molecule has 8 heteroatoms. The monoisotopic (exact) mass is 408 g/mol. The van der Waals surface area contributed by atoms with Gasteiger partial charge in [0.1, 0.15) is 16.6 Å². The van der Waals surface area contributed by atoms with E-state index >= 15 is 0 Å². The molecule has 0 spiro atoms. The highest BCUT2D eigenvalue weighted by atomic mass is 32.1. The first kappa shape index (κ1) is 20.3. The van der Waals surface area contributed by atoms with Gasteiger partial charge in [-0.2, -0.15) is 5.26 Å². The Bertz CT molecular complexity index is 1210. The highest BCUT2D eigenvalue weighted by molar-refractivity contribution is 7.14. The van der Waals surface area contributed by atoms with Crippen LogP contribution in [-0.4, -0.2) is 28.6 Å². The van der Waals surface area contributed by atoms with Crippen molar-refractivity contribution in [1.82, 2.24) is 9.78 Å². The lowest BCUT2D eigenvalue weighted by molar-refractivity contribution is 0.0526. The van der Waals surface area contributed by atoms with Gasteiger partial charge in [-0.15, -0.1) is 11.3 Å². The Balaban J connectivity index is 1.98. The first-order chi connectivity index (χ1) is 13.9. The summed E-state index contributed by atoms with van der Waals surface area (Å²) < 4.78 is 6.43. The van der Waals surface area contributed by atoms with E-state index in [-0.39, 0.29) is 23.3 Å². The molecule has 0 bridgehead atoms. The molecule has 0 aliphatic carbocycles. The Labute approximate surface area is 171 Å². The predicted octanol–water partition coefficient (Wildman–Crippen LogP) is 3.95. The molecule has 0 unspecified atom stereocenters. The summed E-state index contributed by atoms with van der Waals surface area (Å²) in [5, 5.41) is 14.4. The van der Waals surface area contributed by atoms with Crippen molar-refractivity contribution in [2.24, 2.45) is 4.99 Å². The van der Waals surface area contributed by atoms with Crippen LogP contribution in [-0.2, 0) is 4.74 Å². The lowest BCUT2D eigenvalue weighted by Gasteiger charge is -2.05. The summed E-state index contributed by atoms with van der Waals surface area (Å²) in [7, 11) is 0. The summed E-state index contributed by atoms with van der Waals surface area (Å²) in [5.41, 5.74) is 4.09. The van der Waals surface area contributed by atoms with E-state index in [1.54, 1.807) is 19.2 Å². The number of hydrogen-bond donors (Lipinski definition) is 1. The van der Waals surface area contributed by atoms with E-state index in [4.69, 9.17) is 4.74 Å². The minimum absolute atomic E-state index is 0.146. The number of nitriles is 1.